The van der Waals surface area contributed by atoms with Gasteiger partial charge in [-0.05, 0) is 23.8 Å². The summed E-state index contributed by atoms with van der Waals surface area (Å²) in [6.45, 7) is 0.367. The van der Waals surface area contributed by atoms with Crippen molar-refractivity contribution >= 4 is 39.5 Å². The molecule has 7 nitrogen and oxygen atoms in total. The Balaban J connectivity index is 2.31. The van der Waals surface area contributed by atoms with Gasteiger partial charge in [-0.15, -0.1) is 0 Å². The maximum absolute atomic E-state index is 12.3. The summed E-state index contributed by atoms with van der Waals surface area (Å²) in [5.74, 6) is -0.934. The maximum Gasteiger partial charge on any atom is 0.270 e. The van der Waals surface area contributed by atoms with Crippen LogP contribution in [0.5, 0.6) is 0 Å². The quantitative estimate of drug-likeness (QED) is 0.313. The Morgan fingerprint density at radius 3 is 2.50 bits per heavy atom. The number of amides is 2. The zero-order valence-electron chi connectivity index (χ0n) is 13.6. The Bertz CT molecular complexity index is 837. The number of nitrogens with zero attached hydrogens (tertiary/aromatic N) is 1. The number of hydrogen-bond donors (Lipinski definition) is 2. The van der Waals surface area contributed by atoms with Crippen molar-refractivity contribution in [2.24, 2.45) is 0 Å². The Morgan fingerprint density at radius 1 is 1.12 bits per heavy atom. The Morgan fingerprint density at radius 2 is 1.85 bits per heavy atom. The molecule has 26 heavy (non-hydrogen) atoms. The van der Waals surface area contributed by atoms with Gasteiger partial charge >= 0.3 is 0 Å². The zero-order chi connectivity index (χ0) is 18.9. The van der Waals surface area contributed by atoms with E-state index in [0.717, 1.165) is 0 Å². The van der Waals surface area contributed by atoms with Gasteiger partial charge < -0.3 is 10.6 Å². The second-order valence-electron chi connectivity index (χ2n) is 5.18. The molecule has 0 aromatic heterocycles. The number of carbonyl (C=O) groups is 2. The van der Waals surface area contributed by atoms with Crippen LogP contribution in [0.15, 0.2) is 60.3 Å². The Labute approximate surface area is 158 Å². The first-order valence-electron chi connectivity index (χ1n) is 7.68. The number of non-ortho nitro benzene ring substituents is 1. The molecule has 134 valence electrons. The molecule has 2 aromatic rings. The lowest BCUT2D eigenvalue weighted by Gasteiger charge is -2.10. The van der Waals surface area contributed by atoms with Gasteiger partial charge in [-0.2, -0.15) is 0 Å². The molecule has 0 aliphatic heterocycles. The van der Waals surface area contributed by atoms with Gasteiger partial charge in [0, 0.05) is 29.6 Å². The molecular formula is C18H16BrN3O4. The number of nitro groups is 1. The van der Waals surface area contributed by atoms with Gasteiger partial charge in [0.1, 0.15) is 5.70 Å². The monoisotopic (exact) mass is 417 g/mol. The molecule has 8 heteroatoms. The van der Waals surface area contributed by atoms with Gasteiger partial charge in [0.25, 0.3) is 17.5 Å². The van der Waals surface area contributed by atoms with Crippen molar-refractivity contribution in [1.82, 2.24) is 10.6 Å². The van der Waals surface area contributed by atoms with Crippen molar-refractivity contribution in [3.05, 3.63) is 81.5 Å². The van der Waals surface area contributed by atoms with E-state index in [2.05, 4.69) is 26.6 Å². The van der Waals surface area contributed by atoms with Crippen LogP contribution in [0.3, 0.4) is 0 Å². The first-order valence-corrected chi connectivity index (χ1v) is 8.80. The van der Waals surface area contributed by atoms with E-state index in [-0.39, 0.29) is 11.4 Å². The number of benzene rings is 2. The summed E-state index contributed by atoms with van der Waals surface area (Å²) in [6.07, 6.45) is 1.40. The van der Waals surface area contributed by atoms with Crippen LogP contribution in [-0.4, -0.2) is 28.6 Å². The zero-order valence-corrected chi connectivity index (χ0v) is 15.2. The largest absolute Gasteiger partial charge is 0.350 e. The van der Waals surface area contributed by atoms with E-state index in [4.69, 9.17) is 0 Å². The standard InChI is InChI=1S/C18H16BrN3O4/c19-9-10-20-18(24)16(21-17(23)14-6-2-1-3-7-14)12-13-5-4-8-15(11-13)22(25)26/h1-8,11-12H,9-10H2,(H,20,24)(H,21,23)/b16-12+. The lowest BCUT2D eigenvalue weighted by atomic mass is 10.1. The molecule has 2 N–H and O–H groups in total. The summed E-state index contributed by atoms with van der Waals surface area (Å²) < 4.78 is 0. The molecule has 0 heterocycles. The number of carbonyl (C=O) groups excluding carboxylic acids is 2. The molecule has 0 saturated heterocycles. The highest BCUT2D eigenvalue weighted by Crippen LogP contribution is 2.15. The van der Waals surface area contributed by atoms with Gasteiger partial charge in [0.15, 0.2) is 0 Å². The van der Waals surface area contributed by atoms with Crippen LogP contribution >= 0.6 is 15.9 Å². The van der Waals surface area contributed by atoms with E-state index in [1.807, 2.05) is 0 Å². The van der Waals surface area contributed by atoms with Crippen LogP contribution in [0.1, 0.15) is 15.9 Å². The molecular weight excluding hydrogens is 402 g/mol. The molecule has 0 saturated carbocycles. The average Bonchev–Trinajstić information content (AvgIpc) is 2.66. The lowest BCUT2D eigenvalue weighted by molar-refractivity contribution is -0.384. The molecule has 0 bridgehead atoms. The van der Waals surface area contributed by atoms with Crippen LogP contribution in [0, 0.1) is 10.1 Å². The third kappa shape index (κ3) is 5.52. The highest BCUT2D eigenvalue weighted by atomic mass is 79.9. The molecule has 2 rings (SSSR count). The van der Waals surface area contributed by atoms with E-state index in [1.165, 1.54) is 24.3 Å². The van der Waals surface area contributed by atoms with E-state index in [9.17, 15) is 19.7 Å². The van der Waals surface area contributed by atoms with Crippen LogP contribution < -0.4 is 10.6 Å². The predicted octanol–water partition coefficient (Wildman–Crippen LogP) is 2.88. The summed E-state index contributed by atoms with van der Waals surface area (Å²) in [4.78, 5) is 35.1. The van der Waals surface area contributed by atoms with Crippen molar-refractivity contribution in [1.29, 1.82) is 0 Å². The van der Waals surface area contributed by atoms with Crippen LogP contribution in [-0.2, 0) is 4.79 Å². The summed E-state index contributed by atoms with van der Waals surface area (Å²) in [5.41, 5.74) is 0.718. The highest BCUT2D eigenvalue weighted by molar-refractivity contribution is 9.09. The number of nitro benzene ring substituents is 1. The third-order valence-electron chi connectivity index (χ3n) is 3.30. The van der Waals surface area contributed by atoms with Gasteiger partial charge in [0.05, 0.1) is 4.92 Å². The fourth-order valence-corrected chi connectivity index (χ4v) is 2.29. The number of halogens is 1. The first kappa shape index (κ1) is 19.3. The Kier molecular flexibility index (Phi) is 7.04. The topological polar surface area (TPSA) is 101 Å². The third-order valence-corrected chi connectivity index (χ3v) is 3.70. The minimum atomic E-state index is -0.523. The van der Waals surface area contributed by atoms with Gasteiger partial charge in [0.2, 0.25) is 0 Å². The molecule has 0 aliphatic carbocycles. The van der Waals surface area contributed by atoms with Gasteiger partial charge in [-0.25, -0.2) is 0 Å². The molecule has 0 radical (unpaired) electrons. The average molecular weight is 418 g/mol. The summed E-state index contributed by atoms with van der Waals surface area (Å²) in [7, 11) is 0. The molecule has 0 aliphatic rings. The fraction of sp³-hybridized carbons (Fsp3) is 0.111. The van der Waals surface area contributed by atoms with Crippen molar-refractivity contribution in [2.45, 2.75) is 0 Å². The van der Waals surface area contributed by atoms with Crippen molar-refractivity contribution in [3.8, 4) is 0 Å². The van der Waals surface area contributed by atoms with Crippen LogP contribution in [0.2, 0.25) is 0 Å². The molecule has 0 atom stereocenters. The van der Waals surface area contributed by atoms with Crippen molar-refractivity contribution in [2.75, 3.05) is 11.9 Å². The number of alkyl halides is 1. The van der Waals surface area contributed by atoms with Gasteiger partial charge in [-0.3, -0.25) is 19.7 Å². The lowest BCUT2D eigenvalue weighted by Crippen LogP contribution is -2.35. The Hall–Kier alpha value is -3.00. The van der Waals surface area contributed by atoms with E-state index in [1.54, 1.807) is 36.4 Å². The molecule has 2 aromatic carbocycles. The van der Waals surface area contributed by atoms with Gasteiger partial charge in [-0.1, -0.05) is 46.3 Å². The second kappa shape index (κ2) is 9.47. The smallest absolute Gasteiger partial charge is 0.270 e. The summed E-state index contributed by atoms with van der Waals surface area (Å²) in [5, 5.41) is 16.7. The molecule has 2 amide bonds. The number of hydrogen-bond acceptors (Lipinski definition) is 4. The summed E-state index contributed by atoms with van der Waals surface area (Å²) in [6, 6.07) is 14.2. The van der Waals surface area contributed by atoms with Crippen LogP contribution in [0.4, 0.5) is 5.69 Å². The van der Waals surface area contributed by atoms with Crippen molar-refractivity contribution < 1.29 is 14.5 Å². The molecule has 0 spiro atoms. The SMILES string of the molecule is O=C(NCCBr)/C(=C\c1cccc([N+](=O)[O-])c1)NC(=O)c1ccccc1. The predicted molar refractivity (Wildman–Crippen MR) is 102 cm³/mol. The summed E-state index contributed by atoms with van der Waals surface area (Å²) >= 11 is 3.21. The van der Waals surface area contributed by atoms with Crippen LogP contribution in [0.25, 0.3) is 6.08 Å². The highest BCUT2D eigenvalue weighted by Gasteiger charge is 2.15. The minimum Gasteiger partial charge on any atom is -0.350 e. The first-order chi connectivity index (χ1) is 12.5. The number of rotatable bonds is 7. The van der Waals surface area contributed by atoms with Crippen molar-refractivity contribution in [3.63, 3.8) is 0 Å². The second-order valence-corrected chi connectivity index (χ2v) is 5.97. The van der Waals surface area contributed by atoms with E-state index < -0.39 is 16.7 Å². The maximum atomic E-state index is 12.3. The minimum absolute atomic E-state index is 0.000279. The van der Waals surface area contributed by atoms with E-state index in [0.29, 0.717) is 23.0 Å². The fourth-order valence-electron chi connectivity index (χ4n) is 2.09. The molecule has 0 fully saturated rings. The molecule has 0 unspecified atom stereocenters. The van der Waals surface area contributed by atoms with E-state index >= 15 is 0 Å². The number of nitrogens with one attached hydrogen (secondary N) is 2. The normalized spacial score (nSPS) is 10.9.